The van der Waals surface area contributed by atoms with Crippen molar-refractivity contribution < 1.29 is 14.5 Å². The van der Waals surface area contributed by atoms with E-state index in [2.05, 4.69) is 15.5 Å². The molecule has 3 rings (SSSR count). The van der Waals surface area contributed by atoms with Gasteiger partial charge in [0.25, 0.3) is 11.6 Å². The van der Waals surface area contributed by atoms with Crippen molar-refractivity contribution in [2.45, 2.75) is 13.8 Å². The number of ether oxygens (including phenoxy) is 1. The Bertz CT molecular complexity index is 1160. The highest BCUT2D eigenvalue weighted by Gasteiger charge is 2.17. The number of nitrogens with zero attached hydrogens (tertiary/aromatic N) is 4. The van der Waals surface area contributed by atoms with E-state index in [9.17, 15) is 14.9 Å². The fraction of sp³-hybridized carbons (Fsp3) is 0.150. The Morgan fingerprint density at radius 1 is 1.33 bits per heavy atom. The summed E-state index contributed by atoms with van der Waals surface area (Å²) >= 11 is 5.91. The molecule has 0 radical (unpaired) electrons. The molecule has 0 aliphatic heterocycles. The molecule has 0 bridgehead atoms. The van der Waals surface area contributed by atoms with Crippen LogP contribution in [-0.2, 0) is 0 Å². The maximum atomic E-state index is 12.2. The van der Waals surface area contributed by atoms with Crippen LogP contribution in [0.25, 0.3) is 5.69 Å². The summed E-state index contributed by atoms with van der Waals surface area (Å²) in [5.74, 6) is -0.107. The number of halogens is 1. The Morgan fingerprint density at radius 2 is 2.10 bits per heavy atom. The van der Waals surface area contributed by atoms with Crippen LogP contribution in [0.3, 0.4) is 0 Å². The first-order valence-corrected chi connectivity index (χ1v) is 9.17. The van der Waals surface area contributed by atoms with Crippen LogP contribution in [0.2, 0.25) is 5.15 Å². The number of hydrogen-bond donors (Lipinski definition) is 1. The zero-order chi connectivity index (χ0) is 21.8. The topological polar surface area (TPSA) is 112 Å². The molecule has 0 aliphatic carbocycles. The van der Waals surface area contributed by atoms with E-state index >= 15 is 0 Å². The number of aromatic nitrogens is 2. The summed E-state index contributed by atoms with van der Waals surface area (Å²) in [4.78, 5) is 26.6. The van der Waals surface area contributed by atoms with Crippen LogP contribution in [0.5, 0.6) is 5.75 Å². The first kappa shape index (κ1) is 21.0. The smallest absolute Gasteiger partial charge is 0.274 e. The van der Waals surface area contributed by atoms with E-state index < -0.39 is 10.8 Å². The average molecular weight is 428 g/mol. The van der Waals surface area contributed by atoms with Gasteiger partial charge < -0.3 is 9.30 Å². The molecular formula is C20H18ClN5O4. The van der Waals surface area contributed by atoms with Gasteiger partial charge in [-0.25, -0.2) is 10.4 Å². The van der Waals surface area contributed by atoms with Gasteiger partial charge >= 0.3 is 0 Å². The molecule has 1 N–H and O–H groups in total. The molecule has 0 atom stereocenters. The first-order valence-electron chi connectivity index (χ1n) is 8.79. The average Bonchev–Trinajstić information content (AvgIpc) is 3.00. The van der Waals surface area contributed by atoms with Gasteiger partial charge in [0.05, 0.1) is 35.6 Å². The summed E-state index contributed by atoms with van der Waals surface area (Å²) in [6.45, 7) is 3.76. The number of carbonyl (C=O) groups excluding carboxylic acids is 1. The number of hydrazone groups is 1. The zero-order valence-electron chi connectivity index (χ0n) is 16.4. The summed E-state index contributed by atoms with van der Waals surface area (Å²) in [5, 5.41) is 15.1. The number of carbonyl (C=O) groups is 1. The Balaban J connectivity index is 1.88. The number of rotatable bonds is 6. The molecule has 1 aromatic carbocycles. The largest absolute Gasteiger partial charge is 0.494 e. The maximum absolute atomic E-state index is 12.2. The third-order valence-corrected chi connectivity index (χ3v) is 4.76. The van der Waals surface area contributed by atoms with Gasteiger partial charge in [-0.15, -0.1) is 0 Å². The quantitative estimate of drug-likeness (QED) is 0.278. The van der Waals surface area contributed by atoms with Crippen molar-refractivity contribution >= 4 is 29.4 Å². The summed E-state index contributed by atoms with van der Waals surface area (Å²) in [6, 6.07) is 9.46. The molecule has 2 aromatic heterocycles. The number of aryl methyl sites for hydroxylation is 1. The molecule has 2 heterocycles. The lowest BCUT2D eigenvalue weighted by molar-refractivity contribution is -0.384. The van der Waals surface area contributed by atoms with Gasteiger partial charge in [-0.3, -0.25) is 14.9 Å². The van der Waals surface area contributed by atoms with E-state index in [4.69, 9.17) is 16.3 Å². The molecule has 0 spiro atoms. The minimum Gasteiger partial charge on any atom is -0.494 e. The molecule has 30 heavy (non-hydrogen) atoms. The van der Waals surface area contributed by atoms with E-state index in [0.717, 1.165) is 17.0 Å². The van der Waals surface area contributed by atoms with Crippen LogP contribution >= 0.6 is 11.6 Å². The maximum Gasteiger partial charge on any atom is 0.274 e. The molecule has 9 nitrogen and oxygen atoms in total. The van der Waals surface area contributed by atoms with E-state index in [1.165, 1.54) is 31.7 Å². The number of nitro benzene ring substituents is 1. The Morgan fingerprint density at radius 3 is 2.77 bits per heavy atom. The molecular weight excluding hydrogens is 410 g/mol. The molecule has 0 saturated heterocycles. The fourth-order valence-electron chi connectivity index (χ4n) is 3.03. The molecule has 154 valence electrons. The first-order chi connectivity index (χ1) is 14.3. The van der Waals surface area contributed by atoms with Crippen molar-refractivity contribution in [3.05, 3.63) is 80.4 Å². The van der Waals surface area contributed by atoms with Crippen LogP contribution in [-0.4, -0.2) is 33.7 Å². The predicted octanol–water partition coefficient (Wildman–Crippen LogP) is 3.82. The second kappa shape index (κ2) is 8.75. The standard InChI is InChI=1S/C20H18ClN5O4/c1-12-9-14(11-23-24-20(27)16-5-4-8-22-19(16)21)13(2)25(12)17-7-6-15(26(28)29)10-18(17)30-3/h4-11H,1-3H3,(H,24,27). The number of methoxy groups -OCH3 is 1. The fourth-order valence-corrected chi connectivity index (χ4v) is 3.23. The van der Waals surface area contributed by atoms with E-state index in [1.54, 1.807) is 18.2 Å². The number of non-ortho nitro benzene ring substituents is 1. The lowest BCUT2D eigenvalue weighted by Gasteiger charge is -2.13. The molecule has 3 aromatic rings. The summed E-state index contributed by atoms with van der Waals surface area (Å²) < 4.78 is 7.24. The predicted molar refractivity (Wildman–Crippen MR) is 113 cm³/mol. The third kappa shape index (κ3) is 4.15. The van der Waals surface area contributed by atoms with E-state index in [0.29, 0.717) is 11.4 Å². The molecule has 10 heteroatoms. The lowest BCUT2D eigenvalue weighted by atomic mass is 10.2. The highest BCUT2D eigenvalue weighted by molar-refractivity contribution is 6.32. The van der Waals surface area contributed by atoms with Gasteiger partial charge in [0.1, 0.15) is 10.9 Å². The molecule has 0 saturated carbocycles. The third-order valence-electron chi connectivity index (χ3n) is 4.46. The van der Waals surface area contributed by atoms with Gasteiger partial charge in [0.2, 0.25) is 0 Å². The molecule has 0 fully saturated rings. The van der Waals surface area contributed by atoms with Crippen LogP contribution in [0, 0.1) is 24.0 Å². The lowest BCUT2D eigenvalue weighted by Crippen LogP contribution is -2.18. The van der Waals surface area contributed by atoms with Crippen LogP contribution in [0.1, 0.15) is 27.3 Å². The van der Waals surface area contributed by atoms with Crippen LogP contribution in [0.4, 0.5) is 5.69 Å². The Hall–Kier alpha value is -3.72. The number of amides is 1. The van der Waals surface area contributed by atoms with Crippen molar-refractivity contribution in [2.24, 2.45) is 5.10 Å². The zero-order valence-corrected chi connectivity index (χ0v) is 17.2. The Labute approximate surface area is 177 Å². The second-order valence-corrected chi connectivity index (χ2v) is 6.67. The van der Waals surface area contributed by atoms with Gasteiger partial charge in [-0.2, -0.15) is 5.10 Å². The highest BCUT2D eigenvalue weighted by atomic mass is 35.5. The number of nitrogens with one attached hydrogen (secondary N) is 1. The summed E-state index contributed by atoms with van der Waals surface area (Å²) in [5.41, 5.74) is 5.68. The van der Waals surface area contributed by atoms with Gasteiger partial charge in [-0.05, 0) is 38.1 Å². The van der Waals surface area contributed by atoms with Crippen molar-refractivity contribution in [3.63, 3.8) is 0 Å². The molecule has 0 unspecified atom stereocenters. The van der Waals surface area contributed by atoms with Gasteiger partial charge in [0.15, 0.2) is 0 Å². The monoisotopic (exact) mass is 427 g/mol. The second-order valence-electron chi connectivity index (χ2n) is 6.32. The molecule has 0 aliphatic rings. The number of pyridine rings is 1. The SMILES string of the molecule is COc1cc([N+](=O)[O-])ccc1-n1c(C)cc(C=NNC(=O)c2cccnc2Cl)c1C. The van der Waals surface area contributed by atoms with Crippen molar-refractivity contribution in [1.82, 2.24) is 15.0 Å². The van der Waals surface area contributed by atoms with Crippen LogP contribution < -0.4 is 10.2 Å². The number of nitro groups is 1. The van der Waals surface area contributed by atoms with Crippen molar-refractivity contribution in [2.75, 3.05) is 7.11 Å². The number of benzene rings is 1. The summed E-state index contributed by atoms with van der Waals surface area (Å²) in [6.07, 6.45) is 3.00. The minimum atomic E-state index is -0.477. The van der Waals surface area contributed by atoms with E-state index in [1.807, 2.05) is 24.5 Å². The number of hydrogen-bond acceptors (Lipinski definition) is 6. The van der Waals surface area contributed by atoms with Gasteiger partial charge in [-0.1, -0.05) is 11.6 Å². The Kier molecular flexibility index (Phi) is 6.12. The van der Waals surface area contributed by atoms with Crippen molar-refractivity contribution in [1.29, 1.82) is 0 Å². The van der Waals surface area contributed by atoms with Gasteiger partial charge in [0, 0.05) is 29.2 Å². The van der Waals surface area contributed by atoms with Crippen molar-refractivity contribution in [3.8, 4) is 11.4 Å². The highest BCUT2D eigenvalue weighted by Crippen LogP contribution is 2.31. The molecule has 1 amide bonds. The van der Waals surface area contributed by atoms with Crippen LogP contribution in [0.15, 0.2) is 47.7 Å². The van der Waals surface area contributed by atoms with E-state index in [-0.39, 0.29) is 16.4 Å². The minimum absolute atomic E-state index is 0.0587. The normalized spacial score (nSPS) is 10.9. The summed E-state index contributed by atoms with van der Waals surface area (Å²) in [7, 11) is 1.46.